The van der Waals surface area contributed by atoms with Crippen LogP contribution < -0.4 is 5.32 Å². The Hall–Kier alpha value is -2.87. The fourth-order valence-electron chi connectivity index (χ4n) is 3.41. The Kier molecular flexibility index (Phi) is 5.42. The van der Waals surface area contributed by atoms with Crippen LogP contribution >= 0.6 is 0 Å². The lowest BCUT2D eigenvalue weighted by Gasteiger charge is -2.25. The molecule has 1 heterocycles. The van der Waals surface area contributed by atoms with E-state index in [-0.39, 0.29) is 34.4 Å². The van der Waals surface area contributed by atoms with Gasteiger partial charge in [0, 0.05) is 13.5 Å². The molecule has 0 aliphatic carbocycles. The molecule has 0 aromatic heterocycles. The molecule has 7 nitrogen and oxygen atoms in total. The highest BCUT2D eigenvalue weighted by Gasteiger charge is 2.42. The number of benzene rings is 2. The first-order valence-corrected chi connectivity index (χ1v) is 10.6. The van der Waals surface area contributed by atoms with Crippen molar-refractivity contribution in [3.63, 3.8) is 0 Å². The molecular weight excluding hydrogens is 380 g/mol. The molecule has 3 rings (SSSR count). The quantitative estimate of drug-likeness (QED) is 0.747. The van der Waals surface area contributed by atoms with Gasteiger partial charge < -0.3 is 15.3 Å². The summed E-state index contributed by atoms with van der Waals surface area (Å²) < 4.78 is 24.2. The highest BCUT2D eigenvalue weighted by atomic mass is 32.2. The van der Waals surface area contributed by atoms with Gasteiger partial charge in [-0.1, -0.05) is 37.3 Å². The highest BCUT2D eigenvalue weighted by Crippen LogP contribution is 2.38. The van der Waals surface area contributed by atoms with Crippen LogP contribution in [-0.4, -0.2) is 43.0 Å². The van der Waals surface area contributed by atoms with E-state index in [9.17, 15) is 23.1 Å². The third-order valence-corrected chi connectivity index (χ3v) is 6.76. The molecule has 0 unspecified atom stereocenters. The summed E-state index contributed by atoms with van der Waals surface area (Å²) in [6.07, 6.45) is 0.0373. The maximum Gasteiger partial charge on any atom is 0.230 e. The van der Waals surface area contributed by atoms with Crippen LogP contribution in [0.4, 0.5) is 5.69 Å². The van der Waals surface area contributed by atoms with Crippen LogP contribution in [0.2, 0.25) is 0 Å². The topological polar surface area (TPSA) is 104 Å². The summed E-state index contributed by atoms with van der Waals surface area (Å²) in [5, 5.41) is 12.7. The van der Waals surface area contributed by atoms with Crippen LogP contribution in [0, 0.1) is 5.92 Å². The van der Waals surface area contributed by atoms with Crippen molar-refractivity contribution in [2.45, 2.75) is 24.3 Å². The summed E-state index contributed by atoms with van der Waals surface area (Å²) in [5.41, 5.74) is 0.843. The summed E-state index contributed by atoms with van der Waals surface area (Å²) in [6, 6.07) is 12.6. The van der Waals surface area contributed by atoms with Crippen LogP contribution in [0.15, 0.2) is 53.4 Å². The van der Waals surface area contributed by atoms with Gasteiger partial charge in [-0.2, -0.15) is 0 Å². The lowest BCUT2D eigenvalue weighted by molar-refractivity contribution is -0.127. The second-order valence-electron chi connectivity index (χ2n) is 6.74. The van der Waals surface area contributed by atoms with E-state index in [1.807, 2.05) is 30.3 Å². The van der Waals surface area contributed by atoms with Gasteiger partial charge in [0.05, 0.1) is 28.3 Å². The molecule has 1 saturated heterocycles. The van der Waals surface area contributed by atoms with E-state index >= 15 is 0 Å². The number of rotatable bonds is 5. The second-order valence-corrected chi connectivity index (χ2v) is 9.02. The minimum Gasteiger partial charge on any atom is -0.506 e. The molecule has 2 aromatic carbocycles. The zero-order valence-corrected chi connectivity index (χ0v) is 16.4. The highest BCUT2D eigenvalue weighted by molar-refractivity contribution is 7.91. The number of phenols is 1. The molecule has 2 atom stereocenters. The molecule has 8 heteroatoms. The van der Waals surface area contributed by atoms with E-state index in [4.69, 9.17) is 0 Å². The predicted molar refractivity (Wildman–Crippen MR) is 105 cm³/mol. The third kappa shape index (κ3) is 3.73. The Morgan fingerprint density at radius 2 is 1.89 bits per heavy atom. The minimum atomic E-state index is -3.49. The molecule has 28 heavy (non-hydrogen) atoms. The van der Waals surface area contributed by atoms with E-state index in [1.54, 1.807) is 7.05 Å². The first kappa shape index (κ1) is 19.9. The molecule has 1 fully saturated rings. The number of hydrogen-bond donors (Lipinski definition) is 2. The van der Waals surface area contributed by atoms with Crippen molar-refractivity contribution in [2.75, 3.05) is 18.1 Å². The zero-order chi connectivity index (χ0) is 20.5. The number of sulfone groups is 1. The van der Waals surface area contributed by atoms with E-state index < -0.39 is 27.7 Å². The molecule has 2 amide bonds. The molecule has 0 saturated carbocycles. The number of nitrogens with zero attached hydrogens (tertiary/aromatic N) is 1. The molecule has 148 valence electrons. The molecule has 1 aliphatic rings. The zero-order valence-electron chi connectivity index (χ0n) is 15.6. The van der Waals surface area contributed by atoms with Crippen LogP contribution in [0.1, 0.15) is 24.9 Å². The Bertz CT molecular complexity index is 1000. The van der Waals surface area contributed by atoms with Crippen LogP contribution in [0.5, 0.6) is 5.75 Å². The number of carbonyl (C=O) groups is 2. The van der Waals surface area contributed by atoms with Crippen LogP contribution in [0.25, 0.3) is 0 Å². The summed E-state index contributed by atoms with van der Waals surface area (Å²) >= 11 is 0. The maximum atomic E-state index is 12.9. The van der Waals surface area contributed by atoms with Gasteiger partial charge in [-0.3, -0.25) is 9.59 Å². The third-order valence-electron chi connectivity index (χ3n) is 5.03. The van der Waals surface area contributed by atoms with Crippen molar-refractivity contribution in [1.82, 2.24) is 4.90 Å². The predicted octanol–water partition coefficient (Wildman–Crippen LogP) is 2.34. The summed E-state index contributed by atoms with van der Waals surface area (Å²) in [7, 11) is -1.84. The molecular formula is C20H22N2O5S. The van der Waals surface area contributed by atoms with E-state index in [0.29, 0.717) is 0 Å². The average Bonchev–Trinajstić information content (AvgIpc) is 2.99. The first-order valence-electron chi connectivity index (χ1n) is 8.92. The van der Waals surface area contributed by atoms with E-state index in [0.717, 1.165) is 5.56 Å². The lowest BCUT2D eigenvalue weighted by Crippen LogP contribution is -2.30. The standard InChI is InChI=1S/C20H22N2O5S/c1-3-28(26,27)14-9-10-17(23)16(11-14)21-20(25)15-12-18(24)22(2)19(15)13-7-5-4-6-8-13/h4-11,15,19,23H,3,12H2,1-2H3,(H,21,25)/t15-,19+/m1/s1. The van der Waals surface area contributed by atoms with Crippen molar-refractivity contribution < 1.29 is 23.1 Å². The summed E-state index contributed by atoms with van der Waals surface area (Å²) in [6.45, 7) is 1.52. The Labute approximate surface area is 163 Å². The number of hydrogen-bond acceptors (Lipinski definition) is 5. The van der Waals surface area contributed by atoms with Crippen LogP contribution in [0.3, 0.4) is 0 Å². The minimum absolute atomic E-state index is 0.00772. The number of carbonyl (C=O) groups excluding carboxylic acids is 2. The Morgan fingerprint density at radius 1 is 1.21 bits per heavy atom. The van der Waals surface area contributed by atoms with E-state index in [2.05, 4.69) is 5.32 Å². The van der Waals surface area contributed by atoms with Crippen molar-refractivity contribution in [2.24, 2.45) is 5.92 Å². The van der Waals surface area contributed by atoms with Crippen molar-refractivity contribution in [3.05, 3.63) is 54.1 Å². The fourth-order valence-corrected chi connectivity index (χ4v) is 4.32. The van der Waals surface area contributed by atoms with Gasteiger partial charge in [0.15, 0.2) is 9.84 Å². The largest absolute Gasteiger partial charge is 0.506 e. The lowest BCUT2D eigenvalue weighted by atomic mass is 9.93. The van der Waals surface area contributed by atoms with Gasteiger partial charge in [-0.15, -0.1) is 0 Å². The van der Waals surface area contributed by atoms with Crippen molar-refractivity contribution in [1.29, 1.82) is 0 Å². The number of phenolic OH excluding ortho intramolecular Hbond substituents is 1. The smallest absolute Gasteiger partial charge is 0.230 e. The molecule has 2 aromatic rings. The normalized spacial score (nSPS) is 19.6. The fraction of sp³-hybridized carbons (Fsp3) is 0.300. The second kappa shape index (κ2) is 7.63. The Balaban J connectivity index is 1.90. The number of aromatic hydroxyl groups is 1. The van der Waals surface area contributed by atoms with Gasteiger partial charge in [-0.05, 0) is 23.8 Å². The maximum absolute atomic E-state index is 12.9. The molecule has 0 bridgehead atoms. The summed E-state index contributed by atoms with van der Waals surface area (Å²) in [5.74, 6) is -1.60. The molecule has 0 spiro atoms. The summed E-state index contributed by atoms with van der Waals surface area (Å²) in [4.78, 5) is 26.7. The Morgan fingerprint density at radius 3 is 2.54 bits per heavy atom. The average molecular weight is 402 g/mol. The molecule has 1 aliphatic heterocycles. The first-order chi connectivity index (χ1) is 13.2. The number of anilines is 1. The number of likely N-dealkylation sites (tertiary alicyclic amines) is 1. The molecule has 0 radical (unpaired) electrons. The van der Waals surface area contributed by atoms with Gasteiger partial charge in [0.25, 0.3) is 0 Å². The van der Waals surface area contributed by atoms with Gasteiger partial charge >= 0.3 is 0 Å². The van der Waals surface area contributed by atoms with Crippen LogP contribution in [-0.2, 0) is 19.4 Å². The van der Waals surface area contributed by atoms with E-state index in [1.165, 1.54) is 30.0 Å². The monoisotopic (exact) mass is 402 g/mol. The SMILES string of the molecule is CCS(=O)(=O)c1ccc(O)c(NC(=O)[C@@H]2CC(=O)N(C)[C@H]2c2ccccc2)c1. The molecule has 2 N–H and O–H groups in total. The van der Waals surface area contributed by atoms with Gasteiger partial charge in [-0.25, -0.2) is 8.42 Å². The van der Waals surface area contributed by atoms with Gasteiger partial charge in [0.2, 0.25) is 11.8 Å². The van der Waals surface area contributed by atoms with Gasteiger partial charge in [0.1, 0.15) is 5.75 Å². The number of amides is 2. The number of nitrogens with one attached hydrogen (secondary N) is 1. The van der Waals surface area contributed by atoms with Crippen molar-refractivity contribution >= 4 is 27.3 Å². The van der Waals surface area contributed by atoms with Crippen molar-refractivity contribution in [3.8, 4) is 5.75 Å².